The lowest BCUT2D eigenvalue weighted by molar-refractivity contribution is -0.384. The molecule has 0 aliphatic heterocycles. The van der Waals surface area contributed by atoms with Crippen LogP contribution in [0.2, 0.25) is 0 Å². The van der Waals surface area contributed by atoms with Gasteiger partial charge in [-0.05, 0) is 12.5 Å². The summed E-state index contributed by atoms with van der Waals surface area (Å²) in [6.45, 7) is 1.62. The third-order valence-electron chi connectivity index (χ3n) is 2.79. The van der Waals surface area contributed by atoms with Crippen molar-refractivity contribution in [3.05, 3.63) is 52.6 Å². The van der Waals surface area contributed by atoms with Crippen LogP contribution in [0.15, 0.2) is 36.7 Å². The first kappa shape index (κ1) is 14.4. The summed E-state index contributed by atoms with van der Waals surface area (Å²) in [7, 11) is 0. The molecule has 1 heterocycles. The molecule has 21 heavy (non-hydrogen) atoms. The lowest BCUT2D eigenvalue weighted by atomic mass is 10.1. The van der Waals surface area contributed by atoms with E-state index in [0.717, 1.165) is 0 Å². The molecule has 1 amide bonds. The average molecular weight is 288 g/mol. The maximum absolute atomic E-state index is 10.7. The Morgan fingerprint density at radius 3 is 2.57 bits per heavy atom. The van der Waals surface area contributed by atoms with Gasteiger partial charge in [-0.3, -0.25) is 10.1 Å². The second-order valence-electron chi connectivity index (χ2n) is 4.31. The molecule has 1 aromatic heterocycles. The number of carbonyl (C=O) groups is 1. The Balaban J connectivity index is 2.24. The van der Waals surface area contributed by atoms with Gasteiger partial charge in [-0.25, -0.2) is 14.8 Å². The number of carboxylic acid groups (broad SMARTS) is 1. The highest BCUT2D eigenvalue weighted by molar-refractivity contribution is 5.65. The molecular formula is C13H12N4O4. The Bertz CT molecular complexity index is 672. The van der Waals surface area contributed by atoms with E-state index in [1.807, 2.05) is 0 Å². The normalized spacial score (nSPS) is 11.7. The van der Waals surface area contributed by atoms with Crippen molar-refractivity contribution in [3.63, 3.8) is 0 Å². The molecule has 8 nitrogen and oxygen atoms in total. The number of hydrogen-bond donors (Lipinski definition) is 2. The molecule has 2 rings (SSSR count). The van der Waals surface area contributed by atoms with E-state index in [2.05, 4.69) is 15.3 Å². The Morgan fingerprint density at radius 2 is 2.00 bits per heavy atom. The number of benzene rings is 1. The van der Waals surface area contributed by atoms with Crippen molar-refractivity contribution >= 4 is 11.8 Å². The molecule has 2 aromatic rings. The van der Waals surface area contributed by atoms with Gasteiger partial charge in [-0.1, -0.05) is 12.1 Å². The number of hydrogen-bond acceptors (Lipinski definition) is 5. The summed E-state index contributed by atoms with van der Waals surface area (Å²) >= 11 is 0. The van der Waals surface area contributed by atoms with Gasteiger partial charge in [0, 0.05) is 30.1 Å². The number of aromatic nitrogens is 2. The molecule has 108 valence electrons. The van der Waals surface area contributed by atoms with Crippen molar-refractivity contribution in [3.8, 4) is 11.1 Å². The zero-order valence-electron chi connectivity index (χ0n) is 11.1. The Hall–Kier alpha value is -3.03. The molecule has 2 N–H and O–H groups in total. The van der Waals surface area contributed by atoms with Crippen molar-refractivity contribution in [1.29, 1.82) is 0 Å². The topological polar surface area (TPSA) is 118 Å². The van der Waals surface area contributed by atoms with Gasteiger partial charge in [0.1, 0.15) is 5.82 Å². The summed E-state index contributed by atoms with van der Waals surface area (Å²) in [5.74, 6) is 0.326. The van der Waals surface area contributed by atoms with Crippen molar-refractivity contribution in [2.75, 3.05) is 0 Å². The van der Waals surface area contributed by atoms with E-state index in [0.29, 0.717) is 17.0 Å². The standard InChI is InChI=1S/C13H12N4O4/c1-8(16-13(18)19)12-14-6-10(7-15-12)9-3-2-4-11(5-9)17(20)21/h2-8,16H,1H3,(H,18,19). The van der Waals surface area contributed by atoms with Crippen LogP contribution in [0.4, 0.5) is 10.5 Å². The number of nitro benzene ring substituents is 1. The first-order valence-corrected chi connectivity index (χ1v) is 6.03. The minimum atomic E-state index is -1.16. The second-order valence-corrected chi connectivity index (χ2v) is 4.31. The Labute approximate surface area is 119 Å². The van der Waals surface area contributed by atoms with Crippen LogP contribution >= 0.6 is 0 Å². The van der Waals surface area contributed by atoms with Crippen molar-refractivity contribution in [1.82, 2.24) is 15.3 Å². The molecule has 0 bridgehead atoms. The summed E-state index contributed by atoms with van der Waals surface area (Å²) in [4.78, 5) is 29.0. The molecule has 0 saturated heterocycles. The Morgan fingerprint density at radius 1 is 1.33 bits per heavy atom. The predicted octanol–water partition coefficient (Wildman–Crippen LogP) is 2.38. The largest absolute Gasteiger partial charge is 0.465 e. The van der Waals surface area contributed by atoms with E-state index >= 15 is 0 Å². The fraction of sp³-hybridized carbons (Fsp3) is 0.154. The van der Waals surface area contributed by atoms with Crippen LogP contribution in [0, 0.1) is 10.1 Å². The summed E-state index contributed by atoms with van der Waals surface area (Å²) < 4.78 is 0. The minimum Gasteiger partial charge on any atom is -0.465 e. The van der Waals surface area contributed by atoms with Crippen LogP contribution in [0.1, 0.15) is 18.8 Å². The van der Waals surface area contributed by atoms with Gasteiger partial charge in [-0.2, -0.15) is 0 Å². The molecule has 0 spiro atoms. The number of nitrogens with one attached hydrogen (secondary N) is 1. The minimum absolute atomic E-state index is 0.0162. The maximum Gasteiger partial charge on any atom is 0.405 e. The maximum atomic E-state index is 10.7. The van der Waals surface area contributed by atoms with Gasteiger partial charge in [0.25, 0.3) is 5.69 Å². The van der Waals surface area contributed by atoms with E-state index < -0.39 is 17.1 Å². The molecule has 1 atom stereocenters. The molecule has 1 unspecified atom stereocenters. The van der Waals surface area contributed by atoms with Gasteiger partial charge < -0.3 is 10.4 Å². The van der Waals surface area contributed by atoms with Gasteiger partial charge in [0.05, 0.1) is 11.0 Å². The van der Waals surface area contributed by atoms with E-state index in [9.17, 15) is 14.9 Å². The van der Waals surface area contributed by atoms with Crippen LogP contribution in [0.25, 0.3) is 11.1 Å². The molecule has 0 saturated carbocycles. The third kappa shape index (κ3) is 3.50. The molecule has 1 aromatic carbocycles. The van der Waals surface area contributed by atoms with Gasteiger partial charge in [0.15, 0.2) is 0 Å². The van der Waals surface area contributed by atoms with Gasteiger partial charge in [0.2, 0.25) is 0 Å². The van der Waals surface area contributed by atoms with Crippen LogP contribution in [0.3, 0.4) is 0 Å². The van der Waals surface area contributed by atoms with Gasteiger partial charge >= 0.3 is 6.09 Å². The Kier molecular flexibility index (Phi) is 4.07. The molecule has 0 fully saturated rings. The number of rotatable bonds is 4. The highest BCUT2D eigenvalue weighted by atomic mass is 16.6. The van der Waals surface area contributed by atoms with E-state index in [4.69, 9.17) is 5.11 Å². The number of non-ortho nitro benzene ring substituents is 1. The van der Waals surface area contributed by atoms with E-state index in [1.165, 1.54) is 24.5 Å². The van der Waals surface area contributed by atoms with Crippen molar-refractivity contribution in [2.45, 2.75) is 13.0 Å². The van der Waals surface area contributed by atoms with Crippen LogP contribution in [0.5, 0.6) is 0 Å². The lowest BCUT2D eigenvalue weighted by Gasteiger charge is -2.10. The molecule has 0 aliphatic carbocycles. The monoisotopic (exact) mass is 288 g/mol. The molecular weight excluding hydrogens is 276 g/mol. The second kappa shape index (κ2) is 5.95. The summed E-state index contributed by atoms with van der Waals surface area (Å²) in [6, 6.07) is 5.58. The van der Waals surface area contributed by atoms with Crippen molar-refractivity contribution < 1.29 is 14.8 Å². The zero-order chi connectivity index (χ0) is 15.4. The summed E-state index contributed by atoms with van der Waals surface area (Å²) in [6.07, 6.45) is 1.84. The quantitative estimate of drug-likeness (QED) is 0.658. The summed E-state index contributed by atoms with van der Waals surface area (Å²) in [5.41, 5.74) is 1.22. The fourth-order valence-corrected chi connectivity index (χ4v) is 1.76. The SMILES string of the molecule is CC(NC(=O)O)c1ncc(-c2cccc([N+](=O)[O-])c2)cn1. The highest BCUT2D eigenvalue weighted by Crippen LogP contribution is 2.23. The first-order valence-electron chi connectivity index (χ1n) is 6.03. The summed E-state index contributed by atoms with van der Waals surface area (Å²) in [5, 5.41) is 21.6. The predicted molar refractivity (Wildman–Crippen MR) is 73.7 cm³/mol. The third-order valence-corrected chi connectivity index (χ3v) is 2.79. The van der Waals surface area contributed by atoms with E-state index in [-0.39, 0.29) is 5.69 Å². The molecule has 0 aliphatic rings. The van der Waals surface area contributed by atoms with Crippen LogP contribution in [-0.2, 0) is 0 Å². The van der Waals surface area contributed by atoms with Crippen molar-refractivity contribution in [2.24, 2.45) is 0 Å². The number of nitrogens with zero attached hydrogens (tertiary/aromatic N) is 3. The first-order chi connectivity index (χ1) is 9.97. The molecule has 0 radical (unpaired) electrons. The lowest BCUT2D eigenvalue weighted by Crippen LogP contribution is -2.25. The zero-order valence-corrected chi connectivity index (χ0v) is 11.1. The highest BCUT2D eigenvalue weighted by Gasteiger charge is 2.12. The smallest absolute Gasteiger partial charge is 0.405 e. The van der Waals surface area contributed by atoms with Gasteiger partial charge in [-0.15, -0.1) is 0 Å². The molecule has 8 heteroatoms. The fourth-order valence-electron chi connectivity index (χ4n) is 1.76. The average Bonchev–Trinajstić information content (AvgIpc) is 2.47. The number of nitro groups is 1. The van der Waals surface area contributed by atoms with Crippen LogP contribution < -0.4 is 5.32 Å². The number of amides is 1. The van der Waals surface area contributed by atoms with Crippen LogP contribution in [-0.4, -0.2) is 26.1 Å². The van der Waals surface area contributed by atoms with E-state index in [1.54, 1.807) is 19.1 Å².